The van der Waals surface area contributed by atoms with Crippen molar-refractivity contribution in [2.45, 2.75) is 44.1 Å². The van der Waals surface area contributed by atoms with Crippen molar-refractivity contribution in [1.29, 1.82) is 0 Å². The fourth-order valence-electron chi connectivity index (χ4n) is 1.59. The summed E-state index contributed by atoms with van der Waals surface area (Å²) in [5, 5.41) is 8.37. The van der Waals surface area contributed by atoms with E-state index >= 15 is 0 Å². The van der Waals surface area contributed by atoms with E-state index in [0.29, 0.717) is 13.0 Å². The van der Waals surface area contributed by atoms with Crippen LogP contribution in [-0.4, -0.2) is 42.7 Å². The van der Waals surface area contributed by atoms with Gasteiger partial charge in [0, 0.05) is 6.61 Å². The third-order valence-corrected chi connectivity index (χ3v) is 2.48. The minimum Gasteiger partial charge on any atom is -0.481 e. The molecule has 0 bridgehead atoms. The molecule has 0 aromatic rings. The standard InChI is InChI=1S/C10H15F3O4/c11-10(12,13)8(5-9(14)15)17-6-7-3-1-2-4-16-7/h7-8H,1-6H2,(H,14,15). The fourth-order valence-corrected chi connectivity index (χ4v) is 1.59. The lowest BCUT2D eigenvalue weighted by molar-refractivity contribution is -0.231. The van der Waals surface area contributed by atoms with Gasteiger partial charge in [-0.1, -0.05) is 0 Å². The van der Waals surface area contributed by atoms with E-state index in [2.05, 4.69) is 4.74 Å². The van der Waals surface area contributed by atoms with Gasteiger partial charge in [0.1, 0.15) is 0 Å². The van der Waals surface area contributed by atoms with Crippen molar-refractivity contribution in [3.63, 3.8) is 0 Å². The summed E-state index contributed by atoms with van der Waals surface area (Å²) in [6.45, 7) is 0.307. The summed E-state index contributed by atoms with van der Waals surface area (Å²) in [4.78, 5) is 10.3. The van der Waals surface area contributed by atoms with Gasteiger partial charge in [-0.15, -0.1) is 0 Å². The predicted octanol–water partition coefficient (Wildman–Crippen LogP) is 1.98. The minimum absolute atomic E-state index is 0.211. The highest BCUT2D eigenvalue weighted by Gasteiger charge is 2.42. The first-order chi connectivity index (χ1) is 7.89. The fraction of sp³-hybridized carbons (Fsp3) is 0.900. The first-order valence-corrected chi connectivity index (χ1v) is 5.41. The van der Waals surface area contributed by atoms with Crippen molar-refractivity contribution in [2.75, 3.05) is 13.2 Å². The number of alkyl halides is 3. The summed E-state index contributed by atoms with van der Waals surface area (Å²) in [6, 6.07) is 0. The average Bonchev–Trinajstić information content (AvgIpc) is 2.23. The molecular weight excluding hydrogens is 241 g/mol. The molecule has 17 heavy (non-hydrogen) atoms. The van der Waals surface area contributed by atoms with E-state index in [9.17, 15) is 18.0 Å². The van der Waals surface area contributed by atoms with E-state index in [1.54, 1.807) is 0 Å². The average molecular weight is 256 g/mol. The largest absolute Gasteiger partial charge is 0.481 e. The first kappa shape index (κ1) is 14.2. The zero-order valence-electron chi connectivity index (χ0n) is 9.20. The summed E-state index contributed by atoms with van der Waals surface area (Å²) in [5.41, 5.74) is 0. The van der Waals surface area contributed by atoms with Crippen LogP contribution in [-0.2, 0) is 14.3 Å². The molecule has 2 atom stereocenters. The Labute approximate surface area is 96.7 Å². The second kappa shape index (κ2) is 6.20. The maximum absolute atomic E-state index is 12.4. The van der Waals surface area contributed by atoms with Gasteiger partial charge in [-0.05, 0) is 19.3 Å². The van der Waals surface area contributed by atoms with Crippen LogP contribution in [0.2, 0.25) is 0 Å². The van der Waals surface area contributed by atoms with Crippen LogP contribution in [0.15, 0.2) is 0 Å². The van der Waals surface area contributed by atoms with E-state index in [4.69, 9.17) is 9.84 Å². The minimum atomic E-state index is -4.66. The summed E-state index contributed by atoms with van der Waals surface area (Å²) in [6.07, 6.45) is -5.91. The number of rotatable bonds is 5. The summed E-state index contributed by atoms with van der Waals surface area (Å²) in [5.74, 6) is -1.53. The van der Waals surface area contributed by atoms with Crippen molar-refractivity contribution in [1.82, 2.24) is 0 Å². The van der Waals surface area contributed by atoms with Gasteiger partial charge in [0.05, 0.1) is 19.1 Å². The zero-order chi connectivity index (χ0) is 12.9. The molecule has 1 rings (SSSR count). The number of halogens is 3. The molecule has 0 aromatic carbocycles. The maximum atomic E-state index is 12.4. The monoisotopic (exact) mass is 256 g/mol. The van der Waals surface area contributed by atoms with Gasteiger partial charge in [-0.3, -0.25) is 4.79 Å². The number of carboxylic acid groups (broad SMARTS) is 1. The molecule has 1 aliphatic rings. The Bertz CT molecular complexity index is 248. The topological polar surface area (TPSA) is 55.8 Å². The molecule has 0 aromatic heterocycles. The highest BCUT2D eigenvalue weighted by Crippen LogP contribution is 2.26. The third-order valence-electron chi connectivity index (χ3n) is 2.48. The SMILES string of the molecule is O=C(O)CC(OCC1CCCCO1)C(F)(F)F. The molecule has 1 aliphatic heterocycles. The first-order valence-electron chi connectivity index (χ1n) is 5.41. The van der Waals surface area contributed by atoms with Gasteiger partial charge in [-0.2, -0.15) is 13.2 Å². The summed E-state index contributed by atoms with van der Waals surface area (Å²) in [7, 11) is 0. The molecule has 4 nitrogen and oxygen atoms in total. The normalized spacial score (nSPS) is 23.4. The molecule has 1 fully saturated rings. The van der Waals surface area contributed by atoms with E-state index in [1.165, 1.54) is 0 Å². The van der Waals surface area contributed by atoms with Crippen molar-refractivity contribution < 1.29 is 32.5 Å². The van der Waals surface area contributed by atoms with Crippen molar-refractivity contribution >= 4 is 5.97 Å². The molecule has 0 amide bonds. The molecule has 0 saturated carbocycles. The van der Waals surface area contributed by atoms with E-state index in [1.807, 2.05) is 0 Å². The van der Waals surface area contributed by atoms with E-state index in [0.717, 1.165) is 12.8 Å². The number of hydrogen-bond donors (Lipinski definition) is 1. The van der Waals surface area contributed by atoms with Crippen molar-refractivity contribution in [2.24, 2.45) is 0 Å². The molecular formula is C10H15F3O4. The molecule has 100 valence electrons. The number of carboxylic acids is 1. The Morgan fingerprint density at radius 1 is 1.47 bits per heavy atom. The lowest BCUT2D eigenvalue weighted by atomic mass is 10.1. The van der Waals surface area contributed by atoms with Crippen LogP contribution < -0.4 is 0 Å². The molecule has 1 saturated heterocycles. The smallest absolute Gasteiger partial charge is 0.415 e. The second-order valence-corrected chi connectivity index (χ2v) is 3.95. The predicted molar refractivity (Wildman–Crippen MR) is 51.6 cm³/mol. The van der Waals surface area contributed by atoms with Crippen LogP contribution in [0.1, 0.15) is 25.7 Å². The van der Waals surface area contributed by atoms with Crippen molar-refractivity contribution in [3.8, 4) is 0 Å². The van der Waals surface area contributed by atoms with Crippen LogP contribution in [0.3, 0.4) is 0 Å². The number of ether oxygens (including phenoxy) is 2. The Morgan fingerprint density at radius 3 is 2.65 bits per heavy atom. The second-order valence-electron chi connectivity index (χ2n) is 3.95. The molecule has 1 heterocycles. The summed E-state index contributed by atoms with van der Waals surface area (Å²) >= 11 is 0. The van der Waals surface area contributed by atoms with Crippen LogP contribution in [0.4, 0.5) is 13.2 Å². The molecule has 2 unspecified atom stereocenters. The zero-order valence-corrected chi connectivity index (χ0v) is 9.20. The Hall–Kier alpha value is -0.820. The maximum Gasteiger partial charge on any atom is 0.415 e. The molecule has 0 aliphatic carbocycles. The van der Waals surface area contributed by atoms with Gasteiger partial charge in [0.15, 0.2) is 6.10 Å². The van der Waals surface area contributed by atoms with Gasteiger partial charge < -0.3 is 14.6 Å². The van der Waals surface area contributed by atoms with Crippen LogP contribution in [0.5, 0.6) is 0 Å². The third kappa shape index (κ3) is 5.36. The van der Waals surface area contributed by atoms with Gasteiger partial charge in [0.2, 0.25) is 0 Å². The quantitative estimate of drug-likeness (QED) is 0.817. The molecule has 1 N–H and O–H groups in total. The lowest BCUT2D eigenvalue weighted by Gasteiger charge is -2.25. The highest BCUT2D eigenvalue weighted by molar-refractivity contribution is 5.67. The Morgan fingerprint density at radius 2 is 2.18 bits per heavy atom. The number of carbonyl (C=O) groups is 1. The van der Waals surface area contributed by atoms with Gasteiger partial charge >= 0.3 is 12.1 Å². The Balaban J connectivity index is 2.40. The summed E-state index contributed by atoms with van der Waals surface area (Å²) < 4.78 is 47.0. The van der Waals surface area contributed by atoms with Crippen molar-refractivity contribution in [3.05, 3.63) is 0 Å². The molecule has 0 radical (unpaired) electrons. The number of hydrogen-bond acceptors (Lipinski definition) is 3. The highest BCUT2D eigenvalue weighted by atomic mass is 19.4. The van der Waals surface area contributed by atoms with Crippen LogP contribution >= 0.6 is 0 Å². The lowest BCUT2D eigenvalue weighted by Crippen LogP contribution is -2.37. The molecule has 0 spiro atoms. The molecule has 7 heteroatoms. The van der Waals surface area contributed by atoms with E-state index in [-0.39, 0.29) is 12.7 Å². The number of aliphatic carboxylic acids is 1. The van der Waals surface area contributed by atoms with Gasteiger partial charge in [-0.25, -0.2) is 0 Å². The van der Waals surface area contributed by atoms with Gasteiger partial charge in [0.25, 0.3) is 0 Å². The Kier molecular flexibility index (Phi) is 5.20. The van der Waals surface area contributed by atoms with Crippen LogP contribution in [0, 0.1) is 0 Å². The van der Waals surface area contributed by atoms with Crippen LogP contribution in [0.25, 0.3) is 0 Å². The van der Waals surface area contributed by atoms with E-state index < -0.39 is 24.7 Å².